The normalized spacial score (nSPS) is 12.0. The van der Waals surface area contributed by atoms with E-state index >= 15 is 0 Å². The zero-order valence-electron chi connectivity index (χ0n) is 18.6. The highest BCUT2D eigenvalue weighted by Gasteiger charge is 2.16. The zero-order valence-corrected chi connectivity index (χ0v) is 19.4. The van der Waals surface area contributed by atoms with Crippen LogP contribution in [0.5, 0.6) is 11.5 Å². The number of hydrogen-bond acceptors (Lipinski definition) is 7. The average Bonchev–Trinajstić information content (AvgIpc) is 3.22. The quantitative estimate of drug-likeness (QED) is 0.236. The fraction of sp³-hybridized carbons (Fsp3) is 0.250. The topological polar surface area (TPSA) is 98.6 Å². The van der Waals surface area contributed by atoms with Crippen LogP contribution in [0, 0.1) is 0 Å². The number of aromatic nitrogens is 4. The fourth-order valence-electron chi connectivity index (χ4n) is 3.33. The standard InChI is InChI=1S/C24H24N4O4S/c1-4-15(2)18-7-5-6-8-19(18)32-22(30)14-33-24-26-23(16-9-11-17(31-3)12-10-16)25-20-13-21(29)27-28(20)24/h5-13,15H,4,14H2,1-3H3,(H,27,29)/t15-/m1/s1. The SMILES string of the molecule is CC[C@@H](C)c1ccccc1OC(=O)CSc1nc(-c2ccc(OC)cc2)nc2cc(=O)[nH]n12. The summed E-state index contributed by atoms with van der Waals surface area (Å²) in [7, 11) is 1.60. The van der Waals surface area contributed by atoms with Gasteiger partial charge in [0.05, 0.1) is 12.9 Å². The molecular formula is C24H24N4O4S. The van der Waals surface area contributed by atoms with Gasteiger partial charge >= 0.3 is 5.97 Å². The molecule has 0 spiro atoms. The summed E-state index contributed by atoms with van der Waals surface area (Å²) in [6, 6.07) is 16.3. The molecule has 2 aromatic carbocycles. The molecule has 0 aliphatic heterocycles. The second kappa shape index (κ2) is 9.91. The summed E-state index contributed by atoms with van der Waals surface area (Å²) >= 11 is 1.17. The lowest BCUT2D eigenvalue weighted by atomic mass is 9.98. The van der Waals surface area contributed by atoms with E-state index in [0.717, 1.165) is 17.5 Å². The highest BCUT2D eigenvalue weighted by atomic mass is 32.2. The molecule has 4 rings (SSSR count). The smallest absolute Gasteiger partial charge is 0.321 e. The van der Waals surface area contributed by atoms with E-state index in [1.165, 1.54) is 22.3 Å². The maximum atomic E-state index is 12.6. The molecule has 2 aromatic heterocycles. The number of thioether (sulfide) groups is 1. The molecule has 0 saturated heterocycles. The van der Waals surface area contributed by atoms with Crippen LogP contribution in [0.3, 0.4) is 0 Å². The molecule has 0 unspecified atom stereocenters. The predicted octanol–water partition coefficient (Wildman–Crippen LogP) is 4.30. The Morgan fingerprint density at radius 2 is 1.91 bits per heavy atom. The van der Waals surface area contributed by atoms with E-state index in [-0.39, 0.29) is 17.2 Å². The van der Waals surface area contributed by atoms with Gasteiger partial charge in [-0.3, -0.25) is 14.7 Å². The van der Waals surface area contributed by atoms with Crippen LogP contribution in [0.4, 0.5) is 0 Å². The van der Waals surface area contributed by atoms with Gasteiger partial charge in [0.2, 0.25) is 0 Å². The van der Waals surface area contributed by atoms with Crippen molar-refractivity contribution in [2.75, 3.05) is 12.9 Å². The van der Waals surface area contributed by atoms with Gasteiger partial charge in [0.15, 0.2) is 16.6 Å². The molecule has 170 valence electrons. The predicted molar refractivity (Wildman–Crippen MR) is 127 cm³/mol. The maximum Gasteiger partial charge on any atom is 0.321 e. The van der Waals surface area contributed by atoms with Crippen molar-refractivity contribution >= 4 is 23.4 Å². The van der Waals surface area contributed by atoms with Gasteiger partial charge in [0.1, 0.15) is 11.5 Å². The maximum absolute atomic E-state index is 12.6. The number of aromatic amines is 1. The van der Waals surface area contributed by atoms with Crippen molar-refractivity contribution < 1.29 is 14.3 Å². The van der Waals surface area contributed by atoms with Crippen LogP contribution in [-0.4, -0.2) is 38.4 Å². The summed E-state index contributed by atoms with van der Waals surface area (Å²) in [5, 5.41) is 3.10. The molecule has 0 radical (unpaired) electrons. The van der Waals surface area contributed by atoms with Crippen LogP contribution in [-0.2, 0) is 4.79 Å². The van der Waals surface area contributed by atoms with Gasteiger partial charge in [-0.25, -0.2) is 14.5 Å². The number of nitrogens with one attached hydrogen (secondary N) is 1. The second-order valence-corrected chi connectivity index (χ2v) is 8.42. The summed E-state index contributed by atoms with van der Waals surface area (Å²) in [6.45, 7) is 4.19. The van der Waals surface area contributed by atoms with E-state index in [0.29, 0.717) is 28.1 Å². The first-order valence-corrected chi connectivity index (χ1v) is 11.5. The van der Waals surface area contributed by atoms with Crippen LogP contribution < -0.4 is 15.0 Å². The summed E-state index contributed by atoms with van der Waals surface area (Å²) in [5.74, 6) is 1.62. The number of esters is 1. The van der Waals surface area contributed by atoms with E-state index in [2.05, 4.69) is 28.9 Å². The first kappa shape index (κ1) is 22.6. The molecule has 9 heteroatoms. The van der Waals surface area contributed by atoms with E-state index in [1.54, 1.807) is 13.2 Å². The third kappa shape index (κ3) is 5.09. The van der Waals surface area contributed by atoms with E-state index in [1.807, 2.05) is 42.5 Å². The Kier molecular flexibility index (Phi) is 6.79. The van der Waals surface area contributed by atoms with Crippen molar-refractivity contribution in [2.45, 2.75) is 31.3 Å². The van der Waals surface area contributed by atoms with E-state index < -0.39 is 5.97 Å². The lowest BCUT2D eigenvalue weighted by Gasteiger charge is -2.14. The van der Waals surface area contributed by atoms with Crippen molar-refractivity contribution in [3.63, 3.8) is 0 Å². The monoisotopic (exact) mass is 464 g/mol. The summed E-state index contributed by atoms with van der Waals surface area (Å²) < 4.78 is 12.3. The molecule has 4 aromatic rings. The molecule has 1 atom stereocenters. The highest BCUT2D eigenvalue weighted by molar-refractivity contribution is 7.99. The van der Waals surface area contributed by atoms with Gasteiger partial charge in [-0.2, -0.15) is 0 Å². The van der Waals surface area contributed by atoms with Crippen LogP contribution in [0.25, 0.3) is 17.0 Å². The van der Waals surface area contributed by atoms with Crippen molar-refractivity contribution in [1.29, 1.82) is 0 Å². The van der Waals surface area contributed by atoms with Gasteiger partial charge in [0, 0.05) is 11.6 Å². The number of rotatable bonds is 8. The van der Waals surface area contributed by atoms with E-state index in [4.69, 9.17) is 9.47 Å². The first-order chi connectivity index (χ1) is 16.0. The lowest BCUT2D eigenvalue weighted by Crippen LogP contribution is -2.14. The van der Waals surface area contributed by atoms with Crippen molar-refractivity contribution in [1.82, 2.24) is 19.6 Å². The Morgan fingerprint density at radius 3 is 2.64 bits per heavy atom. The zero-order chi connectivity index (χ0) is 23.4. The minimum absolute atomic E-state index is 0.0171. The third-order valence-electron chi connectivity index (χ3n) is 5.28. The first-order valence-electron chi connectivity index (χ1n) is 10.5. The van der Waals surface area contributed by atoms with Gasteiger partial charge in [-0.05, 0) is 48.2 Å². The number of ether oxygens (including phenoxy) is 2. The number of fused-ring (bicyclic) bond motifs is 1. The molecule has 0 fully saturated rings. The van der Waals surface area contributed by atoms with Gasteiger partial charge in [0.25, 0.3) is 5.56 Å². The molecule has 0 bridgehead atoms. The number of methoxy groups -OCH3 is 1. The Labute approximate surface area is 195 Å². The lowest BCUT2D eigenvalue weighted by molar-refractivity contribution is -0.131. The number of carbonyl (C=O) groups excluding carboxylic acids is 1. The molecule has 0 aliphatic carbocycles. The van der Waals surface area contributed by atoms with Crippen LogP contribution in [0.15, 0.2) is 64.5 Å². The van der Waals surface area contributed by atoms with Crippen LogP contribution in [0.1, 0.15) is 31.7 Å². The molecule has 0 aliphatic rings. The van der Waals surface area contributed by atoms with Crippen molar-refractivity contribution in [3.05, 3.63) is 70.5 Å². The Morgan fingerprint density at radius 1 is 1.15 bits per heavy atom. The van der Waals surface area contributed by atoms with Crippen LogP contribution in [0.2, 0.25) is 0 Å². The Balaban J connectivity index is 1.57. The number of nitrogens with zero attached hydrogens (tertiary/aromatic N) is 3. The molecule has 0 saturated carbocycles. The van der Waals surface area contributed by atoms with E-state index in [9.17, 15) is 9.59 Å². The largest absolute Gasteiger partial charge is 0.497 e. The van der Waals surface area contributed by atoms with Crippen molar-refractivity contribution in [3.8, 4) is 22.9 Å². The second-order valence-electron chi connectivity index (χ2n) is 7.48. The van der Waals surface area contributed by atoms with Gasteiger partial charge < -0.3 is 9.47 Å². The number of hydrogen-bond donors (Lipinski definition) is 1. The summed E-state index contributed by atoms with van der Waals surface area (Å²) in [5.41, 5.74) is 1.88. The molecule has 8 nitrogen and oxygen atoms in total. The number of H-pyrrole nitrogens is 1. The molecule has 0 amide bonds. The molecule has 2 heterocycles. The molecule has 1 N–H and O–H groups in total. The highest BCUT2D eigenvalue weighted by Crippen LogP contribution is 2.29. The molecular weight excluding hydrogens is 440 g/mol. The minimum Gasteiger partial charge on any atom is -0.497 e. The fourth-order valence-corrected chi connectivity index (χ4v) is 4.05. The Bertz CT molecular complexity index is 1330. The van der Waals surface area contributed by atoms with Gasteiger partial charge in [-0.15, -0.1) is 0 Å². The van der Waals surface area contributed by atoms with Crippen LogP contribution >= 0.6 is 11.8 Å². The third-order valence-corrected chi connectivity index (χ3v) is 6.19. The molecule has 33 heavy (non-hydrogen) atoms. The number of carbonyl (C=O) groups is 1. The number of benzene rings is 2. The Hall–Kier alpha value is -3.59. The average molecular weight is 465 g/mol. The summed E-state index contributed by atoms with van der Waals surface area (Å²) in [6.07, 6.45) is 0.942. The summed E-state index contributed by atoms with van der Waals surface area (Å²) in [4.78, 5) is 33.6. The van der Waals surface area contributed by atoms with Crippen molar-refractivity contribution in [2.24, 2.45) is 0 Å². The minimum atomic E-state index is -0.400. The van der Waals surface area contributed by atoms with Gasteiger partial charge in [-0.1, -0.05) is 43.8 Å². The number of para-hydroxylation sites is 1.